The fraction of sp³-hybridized carbons (Fsp3) is 0.400. The molecule has 0 spiro atoms. The Hall–Kier alpha value is -3.43. The van der Waals surface area contributed by atoms with Crippen molar-refractivity contribution in [3.8, 4) is 0 Å². The van der Waals surface area contributed by atoms with E-state index in [0.29, 0.717) is 54.7 Å². The van der Waals surface area contributed by atoms with E-state index in [0.717, 1.165) is 19.6 Å². The average molecular weight is 465 g/mol. The van der Waals surface area contributed by atoms with E-state index in [-0.39, 0.29) is 11.3 Å². The number of aliphatic hydroxyl groups is 1. The number of carbonyl (C=O) groups excluding carboxylic acids is 2. The van der Waals surface area contributed by atoms with Gasteiger partial charge in [0.05, 0.1) is 24.5 Å². The van der Waals surface area contributed by atoms with Gasteiger partial charge in [0.1, 0.15) is 28.9 Å². The lowest BCUT2D eigenvalue weighted by atomic mass is 10.0. The van der Waals surface area contributed by atoms with Crippen molar-refractivity contribution in [2.75, 3.05) is 39.4 Å². The molecule has 3 aromatic rings. The molecule has 34 heavy (non-hydrogen) atoms. The third-order valence-electron chi connectivity index (χ3n) is 6.48. The number of aromatic nitrogens is 2. The molecule has 1 atom stereocenters. The molecule has 9 nitrogen and oxygen atoms in total. The summed E-state index contributed by atoms with van der Waals surface area (Å²) in [5.41, 5.74) is 1.64. The van der Waals surface area contributed by atoms with Crippen LogP contribution in [0.25, 0.3) is 11.4 Å². The van der Waals surface area contributed by atoms with Crippen molar-refractivity contribution in [2.24, 2.45) is 0 Å². The van der Waals surface area contributed by atoms with Gasteiger partial charge in [-0.15, -0.1) is 0 Å². The Morgan fingerprint density at radius 2 is 1.91 bits per heavy atom. The molecule has 0 unspecified atom stereocenters. The monoisotopic (exact) mass is 464 g/mol. The molecule has 178 valence electrons. The van der Waals surface area contributed by atoms with Crippen LogP contribution in [0.5, 0.6) is 0 Å². The first-order valence-electron chi connectivity index (χ1n) is 11.5. The van der Waals surface area contributed by atoms with Gasteiger partial charge in [-0.3, -0.25) is 18.9 Å². The Balaban J connectivity index is 1.53. The number of imidazole rings is 1. The van der Waals surface area contributed by atoms with Crippen molar-refractivity contribution >= 4 is 23.1 Å². The van der Waals surface area contributed by atoms with Crippen molar-refractivity contribution in [3.63, 3.8) is 0 Å². The van der Waals surface area contributed by atoms with Crippen LogP contribution in [0.15, 0.2) is 46.5 Å². The molecule has 1 N–H and O–H groups in total. The maximum Gasteiger partial charge on any atom is 0.295 e. The number of aliphatic hydroxyl groups excluding tert-OH is 1. The number of rotatable bonds is 6. The third-order valence-corrected chi connectivity index (χ3v) is 6.48. The number of ketones is 1. The molecule has 0 aromatic carbocycles. The molecule has 0 saturated carbocycles. The third kappa shape index (κ3) is 3.91. The van der Waals surface area contributed by atoms with Gasteiger partial charge in [0, 0.05) is 32.4 Å². The molecular weight excluding hydrogens is 436 g/mol. The number of fused-ring (bicyclic) bond motifs is 1. The Morgan fingerprint density at radius 3 is 2.65 bits per heavy atom. The van der Waals surface area contributed by atoms with E-state index in [1.807, 2.05) is 25.1 Å². The lowest BCUT2D eigenvalue weighted by molar-refractivity contribution is -0.140. The minimum Gasteiger partial charge on any atom is -0.505 e. The molecule has 2 aliphatic rings. The Morgan fingerprint density at radius 1 is 1.12 bits per heavy atom. The number of amides is 1. The molecule has 2 fully saturated rings. The van der Waals surface area contributed by atoms with E-state index < -0.39 is 17.7 Å². The molecule has 2 aliphatic heterocycles. The summed E-state index contributed by atoms with van der Waals surface area (Å²) in [6.07, 6.45) is 2.47. The summed E-state index contributed by atoms with van der Waals surface area (Å²) in [4.78, 5) is 34.7. The van der Waals surface area contributed by atoms with Gasteiger partial charge in [0.2, 0.25) is 0 Å². The van der Waals surface area contributed by atoms with Crippen molar-refractivity contribution in [2.45, 2.75) is 26.3 Å². The number of nitrogens with zero attached hydrogens (tertiary/aromatic N) is 4. The number of carbonyl (C=O) groups is 2. The number of likely N-dealkylation sites (tertiary alicyclic amines) is 1. The van der Waals surface area contributed by atoms with Crippen LogP contribution in [0.1, 0.15) is 35.4 Å². The standard InChI is InChI=1S/C25H28N4O5/c1-16-7-8-18(34-16)22-20(23(30)21-17(2)26-19-6-3-4-10-28(19)21)24(31)25(32)29(22)11-5-9-27-12-14-33-15-13-27/h3-4,6-8,10,22,30H,5,9,11-15H2,1-2H3/t22-/m0/s1. The van der Waals surface area contributed by atoms with Gasteiger partial charge < -0.3 is 19.2 Å². The lowest BCUT2D eigenvalue weighted by Gasteiger charge is -2.28. The van der Waals surface area contributed by atoms with E-state index >= 15 is 0 Å². The highest BCUT2D eigenvalue weighted by molar-refractivity contribution is 6.46. The van der Waals surface area contributed by atoms with Crippen LogP contribution in [-0.4, -0.2) is 75.4 Å². The normalized spacial score (nSPS) is 21.1. The minimum absolute atomic E-state index is 0.0273. The Labute approximate surface area is 197 Å². The fourth-order valence-corrected chi connectivity index (χ4v) is 4.82. The first kappa shape index (κ1) is 22.4. The van der Waals surface area contributed by atoms with E-state index in [4.69, 9.17) is 9.15 Å². The van der Waals surface area contributed by atoms with Crippen molar-refractivity contribution in [3.05, 3.63) is 65.0 Å². The van der Waals surface area contributed by atoms with Gasteiger partial charge in [-0.2, -0.15) is 0 Å². The molecule has 1 amide bonds. The molecule has 5 rings (SSSR count). The SMILES string of the molecule is Cc1ccc([C@H]2C(=C(O)c3c(C)nc4ccccn34)C(=O)C(=O)N2CCCN2CCOCC2)o1. The highest BCUT2D eigenvalue weighted by atomic mass is 16.5. The summed E-state index contributed by atoms with van der Waals surface area (Å²) in [6.45, 7) is 7.86. The van der Waals surface area contributed by atoms with Gasteiger partial charge in [-0.25, -0.2) is 4.98 Å². The maximum absolute atomic E-state index is 13.2. The number of ether oxygens (including phenoxy) is 1. The number of furan rings is 1. The summed E-state index contributed by atoms with van der Waals surface area (Å²) in [7, 11) is 0. The first-order valence-corrected chi connectivity index (χ1v) is 11.5. The number of morpholine rings is 1. The molecule has 2 saturated heterocycles. The summed E-state index contributed by atoms with van der Waals surface area (Å²) in [5.74, 6) is -0.470. The van der Waals surface area contributed by atoms with Gasteiger partial charge in [-0.05, 0) is 44.5 Å². The van der Waals surface area contributed by atoms with Gasteiger partial charge in [0.25, 0.3) is 11.7 Å². The van der Waals surface area contributed by atoms with Gasteiger partial charge in [-0.1, -0.05) is 6.07 Å². The summed E-state index contributed by atoms with van der Waals surface area (Å²) in [5, 5.41) is 11.4. The van der Waals surface area contributed by atoms with Crippen molar-refractivity contribution in [1.82, 2.24) is 19.2 Å². The fourth-order valence-electron chi connectivity index (χ4n) is 4.82. The molecule has 0 bridgehead atoms. The second kappa shape index (κ2) is 9.08. The smallest absolute Gasteiger partial charge is 0.295 e. The molecule has 0 radical (unpaired) electrons. The number of Topliss-reactive ketones (excluding diaryl/α,β-unsaturated/α-hetero) is 1. The average Bonchev–Trinajstić information content (AvgIpc) is 3.48. The van der Waals surface area contributed by atoms with Crippen LogP contribution in [0.2, 0.25) is 0 Å². The Kier molecular flexibility index (Phi) is 5.97. The molecule has 9 heteroatoms. The van der Waals surface area contributed by atoms with Crippen LogP contribution < -0.4 is 0 Å². The topological polar surface area (TPSA) is 101 Å². The summed E-state index contributed by atoms with van der Waals surface area (Å²) in [6, 6.07) is 8.25. The number of pyridine rings is 1. The van der Waals surface area contributed by atoms with E-state index in [2.05, 4.69) is 9.88 Å². The van der Waals surface area contributed by atoms with Crippen LogP contribution in [0, 0.1) is 13.8 Å². The Bertz CT molecular complexity index is 1270. The summed E-state index contributed by atoms with van der Waals surface area (Å²) >= 11 is 0. The quantitative estimate of drug-likeness (QED) is 0.340. The predicted molar refractivity (Wildman–Crippen MR) is 124 cm³/mol. The number of aryl methyl sites for hydroxylation is 2. The van der Waals surface area contributed by atoms with Crippen molar-refractivity contribution in [1.29, 1.82) is 0 Å². The zero-order chi connectivity index (χ0) is 23.8. The van der Waals surface area contributed by atoms with Crippen LogP contribution in [0.4, 0.5) is 0 Å². The van der Waals surface area contributed by atoms with E-state index in [9.17, 15) is 14.7 Å². The summed E-state index contributed by atoms with van der Waals surface area (Å²) < 4.78 is 13.0. The highest BCUT2D eigenvalue weighted by Gasteiger charge is 2.47. The van der Waals surface area contributed by atoms with Gasteiger partial charge in [0.15, 0.2) is 5.76 Å². The minimum atomic E-state index is -0.799. The number of hydrogen-bond donors (Lipinski definition) is 1. The molecule has 3 aromatic heterocycles. The zero-order valence-corrected chi connectivity index (χ0v) is 19.4. The zero-order valence-electron chi connectivity index (χ0n) is 19.4. The molecular formula is C25H28N4O5. The van der Waals surface area contributed by atoms with Gasteiger partial charge >= 0.3 is 0 Å². The largest absolute Gasteiger partial charge is 0.505 e. The molecule has 0 aliphatic carbocycles. The molecule has 5 heterocycles. The van der Waals surface area contributed by atoms with E-state index in [1.165, 1.54) is 4.90 Å². The maximum atomic E-state index is 13.2. The van der Waals surface area contributed by atoms with Crippen LogP contribution >= 0.6 is 0 Å². The second-order valence-corrected chi connectivity index (χ2v) is 8.72. The lowest BCUT2D eigenvalue weighted by Crippen LogP contribution is -2.38. The second-order valence-electron chi connectivity index (χ2n) is 8.72. The first-order chi connectivity index (χ1) is 16.5. The van der Waals surface area contributed by atoms with E-state index in [1.54, 1.807) is 29.7 Å². The number of hydrogen-bond acceptors (Lipinski definition) is 7. The van der Waals surface area contributed by atoms with Crippen LogP contribution in [-0.2, 0) is 14.3 Å². The predicted octanol–water partition coefficient (Wildman–Crippen LogP) is 2.69. The van der Waals surface area contributed by atoms with Crippen LogP contribution in [0.3, 0.4) is 0 Å². The highest BCUT2D eigenvalue weighted by Crippen LogP contribution is 2.40. The van der Waals surface area contributed by atoms with Crippen molar-refractivity contribution < 1.29 is 23.8 Å².